The number of benzene rings is 1. The minimum atomic E-state index is 0.0181. The van der Waals surface area contributed by atoms with E-state index in [0.717, 1.165) is 12.2 Å². The van der Waals surface area contributed by atoms with Crippen molar-refractivity contribution in [2.24, 2.45) is 0 Å². The Labute approximate surface area is 125 Å². The second kappa shape index (κ2) is 6.43. The first-order valence-corrected chi connectivity index (χ1v) is 7.14. The second-order valence-electron chi connectivity index (χ2n) is 5.16. The van der Waals surface area contributed by atoms with Crippen LogP contribution in [0.5, 0.6) is 5.88 Å². The van der Waals surface area contributed by atoms with Crippen molar-refractivity contribution in [3.05, 3.63) is 36.2 Å². The van der Waals surface area contributed by atoms with Crippen LogP contribution in [0.25, 0.3) is 0 Å². The summed E-state index contributed by atoms with van der Waals surface area (Å²) in [5.74, 6) is 1.10. The SMILES string of the molecule is CCN(c1ccc(C)cc1)c1ncnc(OC(C)C)c1N. The van der Waals surface area contributed by atoms with E-state index in [4.69, 9.17) is 10.5 Å². The minimum Gasteiger partial charge on any atom is -0.473 e. The number of aromatic nitrogens is 2. The molecule has 0 aliphatic heterocycles. The van der Waals surface area contributed by atoms with Gasteiger partial charge >= 0.3 is 0 Å². The molecule has 2 N–H and O–H groups in total. The van der Waals surface area contributed by atoms with Crippen molar-refractivity contribution in [2.75, 3.05) is 17.2 Å². The lowest BCUT2D eigenvalue weighted by atomic mass is 10.2. The Balaban J connectivity index is 2.40. The Kier molecular flexibility index (Phi) is 4.62. The van der Waals surface area contributed by atoms with E-state index in [1.165, 1.54) is 11.9 Å². The smallest absolute Gasteiger partial charge is 0.242 e. The number of rotatable bonds is 5. The Hall–Kier alpha value is -2.30. The first-order valence-electron chi connectivity index (χ1n) is 7.14. The van der Waals surface area contributed by atoms with Gasteiger partial charge in [-0.2, -0.15) is 4.98 Å². The lowest BCUT2D eigenvalue weighted by Gasteiger charge is -2.24. The average Bonchev–Trinajstić information content (AvgIpc) is 2.45. The molecule has 2 aromatic rings. The van der Waals surface area contributed by atoms with E-state index >= 15 is 0 Å². The largest absolute Gasteiger partial charge is 0.473 e. The topological polar surface area (TPSA) is 64.3 Å². The third kappa shape index (κ3) is 3.42. The highest BCUT2D eigenvalue weighted by Crippen LogP contribution is 2.33. The minimum absolute atomic E-state index is 0.0181. The number of hydrogen-bond acceptors (Lipinski definition) is 5. The van der Waals surface area contributed by atoms with Crippen LogP contribution >= 0.6 is 0 Å². The molecule has 1 aromatic carbocycles. The second-order valence-corrected chi connectivity index (χ2v) is 5.16. The van der Waals surface area contributed by atoms with Crippen molar-refractivity contribution in [1.29, 1.82) is 0 Å². The van der Waals surface area contributed by atoms with Gasteiger partial charge < -0.3 is 15.4 Å². The van der Waals surface area contributed by atoms with Gasteiger partial charge in [-0.3, -0.25) is 0 Å². The van der Waals surface area contributed by atoms with Crippen molar-refractivity contribution in [2.45, 2.75) is 33.8 Å². The van der Waals surface area contributed by atoms with Crippen molar-refractivity contribution in [3.8, 4) is 5.88 Å². The van der Waals surface area contributed by atoms with Gasteiger partial charge in [0.2, 0.25) is 5.88 Å². The summed E-state index contributed by atoms with van der Waals surface area (Å²) < 4.78 is 5.63. The molecular formula is C16H22N4O. The van der Waals surface area contributed by atoms with Gasteiger partial charge in [-0.1, -0.05) is 17.7 Å². The van der Waals surface area contributed by atoms with Crippen LogP contribution in [0, 0.1) is 6.92 Å². The number of nitrogens with two attached hydrogens (primary N) is 1. The van der Waals surface area contributed by atoms with Gasteiger partial charge in [0.15, 0.2) is 5.82 Å². The summed E-state index contributed by atoms with van der Waals surface area (Å²) >= 11 is 0. The maximum Gasteiger partial charge on any atom is 0.242 e. The van der Waals surface area contributed by atoms with Crippen molar-refractivity contribution < 1.29 is 4.74 Å². The molecule has 0 fully saturated rings. The number of anilines is 3. The van der Waals surface area contributed by atoms with Crippen LogP contribution in [-0.2, 0) is 0 Å². The van der Waals surface area contributed by atoms with Crippen LogP contribution in [-0.4, -0.2) is 22.6 Å². The van der Waals surface area contributed by atoms with Gasteiger partial charge in [0, 0.05) is 12.2 Å². The highest BCUT2D eigenvalue weighted by molar-refractivity contribution is 5.74. The number of aryl methyl sites for hydroxylation is 1. The van der Waals surface area contributed by atoms with Crippen LogP contribution in [0.4, 0.5) is 17.2 Å². The number of nitrogens with zero attached hydrogens (tertiary/aromatic N) is 3. The predicted molar refractivity (Wildman–Crippen MR) is 86.1 cm³/mol. The first kappa shape index (κ1) is 15.1. The van der Waals surface area contributed by atoms with Crippen LogP contribution < -0.4 is 15.4 Å². The Morgan fingerprint density at radius 2 is 1.86 bits per heavy atom. The normalized spacial score (nSPS) is 10.7. The van der Waals surface area contributed by atoms with Crippen molar-refractivity contribution >= 4 is 17.2 Å². The Bertz CT molecular complexity index is 596. The zero-order chi connectivity index (χ0) is 15.4. The fourth-order valence-corrected chi connectivity index (χ4v) is 2.08. The molecule has 0 aliphatic carbocycles. The molecule has 0 unspecified atom stereocenters. The summed E-state index contributed by atoms with van der Waals surface area (Å²) in [6.07, 6.45) is 1.50. The molecule has 0 radical (unpaired) electrons. The molecule has 21 heavy (non-hydrogen) atoms. The molecule has 0 saturated heterocycles. The zero-order valence-corrected chi connectivity index (χ0v) is 13.0. The van der Waals surface area contributed by atoms with E-state index in [0.29, 0.717) is 17.4 Å². The van der Waals surface area contributed by atoms with E-state index in [-0.39, 0.29) is 6.10 Å². The van der Waals surface area contributed by atoms with Gasteiger partial charge in [-0.15, -0.1) is 0 Å². The molecule has 5 heteroatoms. The molecule has 5 nitrogen and oxygen atoms in total. The molecule has 0 aliphatic rings. The monoisotopic (exact) mass is 286 g/mol. The van der Waals surface area contributed by atoms with Gasteiger partial charge in [-0.25, -0.2) is 4.98 Å². The van der Waals surface area contributed by atoms with E-state index in [2.05, 4.69) is 48.1 Å². The van der Waals surface area contributed by atoms with Crippen LogP contribution in [0.3, 0.4) is 0 Å². The molecule has 112 valence electrons. The summed E-state index contributed by atoms with van der Waals surface area (Å²) in [6, 6.07) is 8.26. The number of nitrogen functional groups attached to an aromatic ring is 1. The zero-order valence-electron chi connectivity index (χ0n) is 13.0. The third-order valence-corrected chi connectivity index (χ3v) is 3.09. The van der Waals surface area contributed by atoms with Crippen molar-refractivity contribution in [1.82, 2.24) is 9.97 Å². The van der Waals surface area contributed by atoms with Crippen LogP contribution in [0.15, 0.2) is 30.6 Å². The molecule has 0 amide bonds. The molecule has 1 aromatic heterocycles. The van der Waals surface area contributed by atoms with Gasteiger partial charge in [0.05, 0.1) is 6.10 Å². The molecule has 1 heterocycles. The summed E-state index contributed by atoms with van der Waals surface area (Å²) in [7, 11) is 0. The van der Waals surface area contributed by atoms with E-state index < -0.39 is 0 Å². The molecule has 0 spiro atoms. The Morgan fingerprint density at radius 1 is 1.19 bits per heavy atom. The average molecular weight is 286 g/mol. The standard InChI is InChI=1S/C16H22N4O/c1-5-20(13-8-6-12(4)7-9-13)15-14(17)16(19-10-18-15)21-11(2)3/h6-11H,5,17H2,1-4H3. The van der Waals surface area contributed by atoms with Gasteiger partial charge in [0.25, 0.3) is 0 Å². The molecule has 0 saturated carbocycles. The predicted octanol–water partition coefficient (Wildman–Crippen LogP) is 3.31. The van der Waals surface area contributed by atoms with E-state index in [9.17, 15) is 0 Å². The fraction of sp³-hybridized carbons (Fsp3) is 0.375. The number of hydrogen-bond donors (Lipinski definition) is 1. The Morgan fingerprint density at radius 3 is 2.43 bits per heavy atom. The van der Waals surface area contributed by atoms with Gasteiger partial charge in [0.1, 0.15) is 12.0 Å². The quantitative estimate of drug-likeness (QED) is 0.913. The summed E-state index contributed by atoms with van der Waals surface area (Å²) in [4.78, 5) is 10.5. The maximum absolute atomic E-state index is 6.18. The summed E-state index contributed by atoms with van der Waals surface area (Å²) in [5.41, 5.74) is 8.91. The fourth-order valence-electron chi connectivity index (χ4n) is 2.08. The summed E-state index contributed by atoms with van der Waals surface area (Å²) in [6.45, 7) is 8.76. The van der Waals surface area contributed by atoms with Crippen LogP contribution in [0.2, 0.25) is 0 Å². The van der Waals surface area contributed by atoms with Crippen molar-refractivity contribution in [3.63, 3.8) is 0 Å². The molecule has 0 atom stereocenters. The lowest BCUT2D eigenvalue weighted by Crippen LogP contribution is -2.20. The lowest BCUT2D eigenvalue weighted by molar-refractivity contribution is 0.234. The van der Waals surface area contributed by atoms with E-state index in [1.807, 2.05) is 18.7 Å². The highest BCUT2D eigenvalue weighted by Gasteiger charge is 2.17. The third-order valence-electron chi connectivity index (χ3n) is 3.09. The van der Waals surface area contributed by atoms with E-state index in [1.54, 1.807) is 0 Å². The number of ether oxygens (including phenoxy) is 1. The molecular weight excluding hydrogens is 264 g/mol. The highest BCUT2D eigenvalue weighted by atomic mass is 16.5. The first-order chi connectivity index (χ1) is 10.0. The molecule has 0 bridgehead atoms. The molecule has 2 rings (SSSR count). The van der Waals surface area contributed by atoms with Crippen LogP contribution in [0.1, 0.15) is 26.3 Å². The van der Waals surface area contributed by atoms with Gasteiger partial charge in [-0.05, 0) is 39.8 Å². The maximum atomic E-state index is 6.18. The summed E-state index contributed by atoms with van der Waals surface area (Å²) in [5, 5.41) is 0.